The number of nitrogens with one attached hydrogen (secondary N) is 1. The first-order valence-electron chi connectivity index (χ1n) is 7.77. The van der Waals surface area contributed by atoms with Gasteiger partial charge >= 0.3 is 0 Å². The standard InChI is InChI=1S/C19H19NO3S/c1-3-15-10-13-19(23-15)17-6-4-5-7-18(17)20-24(21,22)16-11-8-14(2)9-12-16/h4-13,20H,3H2,1-2H3. The lowest BCUT2D eigenvalue weighted by Gasteiger charge is -2.11. The summed E-state index contributed by atoms with van der Waals surface area (Å²) in [5.41, 5.74) is 2.22. The molecule has 3 rings (SSSR count). The Kier molecular flexibility index (Phi) is 4.44. The lowest BCUT2D eigenvalue weighted by molar-refractivity contribution is 0.529. The summed E-state index contributed by atoms with van der Waals surface area (Å²) >= 11 is 0. The molecule has 0 aliphatic heterocycles. The highest BCUT2D eigenvalue weighted by Gasteiger charge is 2.17. The molecule has 24 heavy (non-hydrogen) atoms. The molecule has 0 radical (unpaired) electrons. The number of anilines is 1. The largest absolute Gasteiger partial charge is 0.461 e. The molecule has 0 unspecified atom stereocenters. The van der Waals surface area contributed by atoms with Crippen molar-refractivity contribution in [3.05, 3.63) is 72.0 Å². The van der Waals surface area contributed by atoms with Gasteiger partial charge in [-0.25, -0.2) is 8.42 Å². The quantitative estimate of drug-likeness (QED) is 0.737. The Morgan fingerprint density at radius 3 is 2.33 bits per heavy atom. The lowest BCUT2D eigenvalue weighted by Crippen LogP contribution is -2.13. The van der Waals surface area contributed by atoms with Crippen LogP contribution in [0.25, 0.3) is 11.3 Å². The Morgan fingerprint density at radius 2 is 1.67 bits per heavy atom. The smallest absolute Gasteiger partial charge is 0.261 e. The molecule has 1 heterocycles. The molecule has 0 fully saturated rings. The number of rotatable bonds is 5. The number of hydrogen-bond acceptors (Lipinski definition) is 3. The van der Waals surface area contributed by atoms with E-state index in [0.717, 1.165) is 17.7 Å². The predicted molar refractivity (Wildman–Crippen MR) is 95.5 cm³/mol. The van der Waals surface area contributed by atoms with E-state index in [2.05, 4.69) is 4.72 Å². The molecule has 3 aromatic rings. The summed E-state index contributed by atoms with van der Waals surface area (Å²) in [5, 5.41) is 0. The minimum atomic E-state index is -3.65. The second-order valence-corrected chi connectivity index (χ2v) is 7.27. The van der Waals surface area contributed by atoms with Crippen LogP contribution in [0.1, 0.15) is 18.2 Å². The number of furan rings is 1. The van der Waals surface area contributed by atoms with Crippen molar-refractivity contribution < 1.29 is 12.8 Å². The van der Waals surface area contributed by atoms with Crippen molar-refractivity contribution in [3.8, 4) is 11.3 Å². The second-order valence-electron chi connectivity index (χ2n) is 5.58. The van der Waals surface area contributed by atoms with Gasteiger partial charge in [0.05, 0.1) is 10.6 Å². The summed E-state index contributed by atoms with van der Waals surface area (Å²) in [5.74, 6) is 1.51. The lowest BCUT2D eigenvalue weighted by atomic mass is 10.1. The molecule has 124 valence electrons. The topological polar surface area (TPSA) is 59.3 Å². The first-order chi connectivity index (χ1) is 11.5. The maximum absolute atomic E-state index is 12.6. The van der Waals surface area contributed by atoms with Crippen molar-refractivity contribution in [3.63, 3.8) is 0 Å². The average Bonchev–Trinajstić information content (AvgIpc) is 3.04. The van der Waals surface area contributed by atoms with Crippen LogP contribution in [0.4, 0.5) is 5.69 Å². The van der Waals surface area contributed by atoms with Gasteiger partial charge in [-0.3, -0.25) is 4.72 Å². The molecule has 1 aromatic heterocycles. The normalized spacial score (nSPS) is 11.4. The minimum absolute atomic E-state index is 0.233. The van der Waals surface area contributed by atoms with Crippen molar-refractivity contribution in [2.24, 2.45) is 0 Å². The molecule has 0 saturated heterocycles. The van der Waals surface area contributed by atoms with E-state index < -0.39 is 10.0 Å². The zero-order valence-electron chi connectivity index (χ0n) is 13.6. The molecule has 2 aromatic carbocycles. The molecule has 5 heteroatoms. The number of para-hydroxylation sites is 1. The maximum Gasteiger partial charge on any atom is 0.261 e. The summed E-state index contributed by atoms with van der Waals surface area (Å²) in [6, 6.07) is 17.7. The zero-order valence-corrected chi connectivity index (χ0v) is 14.4. The Hall–Kier alpha value is -2.53. The number of benzene rings is 2. The Labute approximate surface area is 142 Å². The third kappa shape index (κ3) is 3.36. The van der Waals surface area contributed by atoms with Crippen LogP contribution in [-0.2, 0) is 16.4 Å². The molecule has 0 amide bonds. The van der Waals surface area contributed by atoms with Crippen LogP contribution in [0.5, 0.6) is 0 Å². The molecule has 0 spiro atoms. The SMILES string of the molecule is CCc1ccc(-c2ccccc2NS(=O)(=O)c2ccc(C)cc2)o1. The van der Waals surface area contributed by atoms with Crippen LogP contribution in [0.2, 0.25) is 0 Å². The average molecular weight is 341 g/mol. The van der Waals surface area contributed by atoms with Gasteiger partial charge in [-0.05, 0) is 43.3 Å². The van der Waals surface area contributed by atoms with Crippen molar-refractivity contribution in [1.29, 1.82) is 0 Å². The van der Waals surface area contributed by atoms with E-state index in [9.17, 15) is 8.42 Å². The van der Waals surface area contributed by atoms with E-state index >= 15 is 0 Å². The highest BCUT2D eigenvalue weighted by Crippen LogP contribution is 2.31. The number of aryl methyl sites for hydroxylation is 2. The van der Waals surface area contributed by atoms with Crippen molar-refractivity contribution >= 4 is 15.7 Å². The van der Waals surface area contributed by atoms with Crippen LogP contribution in [0.15, 0.2) is 70.0 Å². The summed E-state index contributed by atoms with van der Waals surface area (Å²) in [4.78, 5) is 0.233. The van der Waals surface area contributed by atoms with Crippen molar-refractivity contribution in [1.82, 2.24) is 0 Å². The van der Waals surface area contributed by atoms with Crippen LogP contribution < -0.4 is 4.72 Å². The predicted octanol–water partition coefficient (Wildman–Crippen LogP) is 4.62. The van der Waals surface area contributed by atoms with Gasteiger partial charge < -0.3 is 4.42 Å². The van der Waals surface area contributed by atoms with E-state index in [1.54, 1.807) is 36.4 Å². The van der Waals surface area contributed by atoms with Gasteiger partial charge in [0.1, 0.15) is 11.5 Å². The van der Waals surface area contributed by atoms with Gasteiger partial charge in [-0.1, -0.05) is 36.8 Å². The fourth-order valence-electron chi connectivity index (χ4n) is 2.42. The van der Waals surface area contributed by atoms with Crippen LogP contribution in [0, 0.1) is 6.92 Å². The van der Waals surface area contributed by atoms with Gasteiger partial charge in [-0.15, -0.1) is 0 Å². The highest BCUT2D eigenvalue weighted by atomic mass is 32.2. The Morgan fingerprint density at radius 1 is 0.958 bits per heavy atom. The van der Waals surface area contributed by atoms with Gasteiger partial charge in [0.25, 0.3) is 10.0 Å². The minimum Gasteiger partial charge on any atom is -0.461 e. The first-order valence-corrected chi connectivity index (χ1v) is 9.25. The third-order valence-corrected chi connectivity index (χ3v) is 5.16. The van der Waals surface area contributed by atoms with Crippen LogP contribution in [0.3, 0.4) is 0 Å². The van der Waals surface area contributed by atoms with E-state index in [0.29, 0.717) is 17.0 Å². The monoisotopic (exact) mass is 341 g/mol. The van der Waals surface area contributed by atoms with Gasteiger partial charge in [0.15, 0.2) is 0 Å². The zero-order chi connectivity index (χ0) is 17.2. The fourth-order valence-corrected chi connectivity index (χ4v) is 3.50. The third-order valence-electron chi connectivity index (χ3n) is 3.78. The maximum atomic E-state index is 12.6. The Balaban J connectivity index is 1.97. The number of hydrogen-bond donors (Lipinski definition) is 1. The molecule has 0 aliphatic rings. The molecule has 0 atom stereocenters. The Bertz CT molecular complexity index is 941. The molecule has 1 N–H and O–H groups in total. The van der Waals surface area contributed by atoms with Gasteiger partial charge in [-0.2, -0.15) is 0 Å². The van der Waals surface area contributed by atoms with Gasteiger partial charge in [0, 0.05) is 12.0 Å². The summed E-state index contributed by atoms with van der Waals surface area (Å²) in [6.45, 7) is 3.93. The fraction of sp³-hybridized carbons (Fsp3) is 0.158. The molecule has 0 aliphatic carbocycles. The van der Waals surface area contributed by atoms with E-state index in [1.807, 2.05) is 38.1 Å². The van der Waals surface area contributed by atoms with E-state index in [1.165, 1.54) is 0 Å². The molecular weight excluding hydrogens is 322 g/mol. The molecule has 4 nitrogen and oxygen atoms in total. The molecule has 0 saturated carbocycles. The van der Waals surface area contributed by atoms with Crippen molar-refractivity contribution in [2.75, 3.05) is 4.72 Å². The van der Waals surface area contributed by atoms with Gasteiger partial charge in [0.2, 0.25) is 0 Å². The van der Waals surface area contributed by atoms with Crippen LogP contribution >= 0.6 is 0 Å². The van der Waals surface area contributed by atoms with Crippen molar-refractivity contribution in [2.45, 2.75) is 25.2 Å². The first kappa shape index (κ1) is 16.3. The number of sulfonamides is 1. The van der Waals surface area contributed by atoms with E-state index in [-0.39, 0.29) is 4.90 Å². The summed E-state index contributed by atoms with van der Waals surface area (Å²) < 4.78 is 33.7. The molecule has 0 bridgehead atoms. The second kappa shape index (κ2) is 6.53. The van der Waals surface area contributed by atoms with E-state index in [4.69, 9.17) is 4.42 Å². The highest BCUT2D eigenvalue weighted by molar-refractivity contribution is 7.92. The molecular formula is C19H19NO3S. The summed E-state index contributed by atoms with van der Waals surface area (Å²) in [7, 11) is -3.65. The van der Waals surface area contributed by atoms with Crippen LogP contribution in [-0.4, -0.2) is 8.42 Å². The summed E-state index contributed by atoms with van der Waals surface area (Å²) in [6.07, 6.45) is 0.789.